The Labute approximate surface area is 133 Å². The molecule has 1 atom stereocenters. The lowest BCUT2D eigenvalue weighted by molar-refractivity contribution is 0.319. The topological polar surface area (TPSA) is 75.6 Å². The van der Waals surface area contributed by atoms with E-state index in [0.29, 0.717) is 22.8 Å². The summed E-state index contributed by atoms with van der Waals surface area (Å²) >= 11 is 3.32. The Kier molecular flexibility index (Phi) is 5.05. The molecule has 2 rings (SSSR count). The number of sulfonamides is 1. The molecule has 118 valence electrons. The normalized spacial score (nSPS) is 19.9. The van der Waals surface area contributed by atoms with E-state index in [1.54, 1.807) is 20.4 Å². The molecular formula is C12H19BrN4O3S. The van der Waals surface area contributed by atoms with Crippen molar-refractivity contribution in [2.45, 2.75) is 18.9 Å². The Morgan fingerprint density at radius 2 is 2.24 bits per heavy atom. The monoisotopic (exact) mass is 378 g/mol. The number of ether oxygens (including phenoxy) is 1. The molecule has 1 saturated heterocycles. The maximum absolute atomic E-state index is 11.7. The Hall–Kier alpha value is -0.930. The molecule has 0 bridgehead atoms. The highest BCUT2D eigenvalue weighted by molar-refractivity contribution is 9.10. The maximum Gasteiger partial charge on any atom is 0.232 e. The summed E-state index contributed by atoms with van der Waals surface area (Å²) in [4.78, 5) is 10.6. The first-order valence-electron chi connectivity index (χ1n) is 6.57. The molecule has 0 amide bonds. The van der Waals surface area contributed by atoms with Crippen molar-refractivity contribution in [3.63, 3.8) is 0 Å². The van der Waals surface area contributed by atoms with Gasteiger partial charge >= 0.3 is 0 Å². The van der Waals surface area contributed by atoms with Crippen LogP contribution in [0.4, 0.5) is 5.95 Å². The van der Waals surface area contributed by atoms with Gasteiger partial charge in [-0.1, -0.05) is 0 Å². The minimum absolute atomic E-state index is 0.0630. The molecule has 0 spiro atoms. The van der Waals surface area contributed by atoms with Crippen LogP contribution in [0.2, 0.25) is 0 Å². The van der Waals surface area contributed by atoms with Crippen LogP contribution in [0.1, 0.15) is 12.8 Å². The number of aromatic nitrogens is 2. The van der Waals surface area contributed by atoms with Gasteiger partial charge in [-0.25, -0.2) is 17.7 Å². The number of halogens is 1. The largest absolute Gasteiger partial charge is 0.480 e. The predicted molar refractivity (Wildman–Crippen MR) is 84.1 cm³/mol. The summed E-state index contributed by atoms with van der Waals surface area (Å²) in [5, 5.41) is 0. The summed E-state index contributed by atoms with van der Waals surface area (Å²) in [6.45, 7) is 1.38. The van der Waals surface area contributed by atoms with E-state index in [9.17, 15) is 8.42 Å². The first-order chi connectivity index (χ1) is 9.82. The molecule has 1 aromatic rings. The summed E-state index contributed by atoms with van der Waals surface area (Å²) in [5.74, 6) is 1.03. The zero-order valence-electron chi connectivity index (χ0n) is 12.3. The van der Waals surface area contributed by atoms with E-state index in [2.05, 4.69) is 25.9 Å². The Balaban J connectivity index is 2.18. The summed E-state index contributed by atoms with van der Waals surface area (Å²) in [5.41, 5.74) is 0. The van der Waals surface area contributed by atoms with Gasteiger partial charge in [-0.3, -0.25) is 0 Å². The number of piperidine rings is 1. The molecule has 1 unspecified atom stereocenters. The van der Waals surface area contributed by atoms with Crippen LogP contribution in [0, 0.1) is 0 Å². The molecule has 1 aliphatic rings. The van der Waals surface area contributed by atoms with E-state index in [4.69, 9.17) is 4.74 Å². The van der Waals surface area contributed by atoms with Crippen LogP contribution >= 0.6 is 15.9 Å². The van der Waals surface area contributed by atoms with E-state index in [1.165, 1.54) is 10.6 Å². The molecule has 2 heterocycles. The molecular weight excluding hydrogens is 360 g/mol. The predicted octanol–water partition coefficient (Wildman–Crippen LogP) is 1.11. The minimum Gasteiger partial charge on any atom is -0.480 e. The summed E-state index contributed by atoms with van der Waals surface area (Å²) < 4.78 is 30.6. The van der Waals surface area contributed by atoms with Crippen LogP contribution in [0.25, 0.3) is 0 Å². The van der Waals surface area contributed by atoms with Crippen molar-refractivity contribution in [2.75, 3.05) is 38.4 Å². The molecule has 0 aliphatic carbocycles. The highest BCUT2D eigenvalue weighted by Crippen LogP contribution is 2.26. The van der Waals surface area contributed by atoms with Crippen LogP contribution in [-0.4, -0.2) is 62.2 Å². The Morgan fingerprint density at radius 1 is 1.52 bits per heavy atom. The van der Waals surface area contributed by atoms with Gasteiger partial charge in [0.05, 0.1) is 24.0 Å². The molecule has 0 saturated carbocycles. The minimum atomic E-state index is -3.19. The number of hydrogen-bond acceptors (Lipinski definition) is 6. The van der Waals surface area contributed by atoms with Gasteiger partial charge in [-0.2, -0.15) is 4.98 Å². The lowest BCUT2D eigenvalue weighted by Crippen LogP contribution is -2.48. The third kappa shape index (κ3) is 3.83. The van der Waals surface area contributed by atoms with E-state index in [0.717, 1.165) is 19.4 Å². The van der Waals surface area contributed by atoms with Crippen LogP contribution < -0.4 is 9.64 Å². The van der Waals surface area contributed by atoms with Gasteiger partial charge in [-0.15, -0.1) is 0 Å². The lowest BCUT2D eigenvalue weighted by Gasteiger charge is -2.36. The zero-order valence-corrected chi connectivity index (χ0v) is 14.7. The van der Waals surface area contributed by atoms with Crippen molar-refractivity contribution < 1.29 is 13.2 Å². The van der Waals surface area contributed by atoms with Gasteiger partial charge in [0, 0.05) is 26.2 Å². The van der Waals surface area contributed by atoms with Gasteiger partial charge in [0.1, 0.15) is 0 Å². The number of anilines is 1. The third-order valence-electron chi connectivity index (χ3n) is 3.61. The number of nitrogens with zero attached hydrogens (tertiary/aromatic N) is 4. The highest BCUT2D eigenvalue weighted by atomic mass is 79.9. The van der Waals surface area contributed by atoms with E-state index >= 15 is 0 Å². The van der Waals surface area contributed by atoms with Crippen LogP contribution in [0.3, 0.4) is 0 Å². The Bertz CT molecular complexity index is 611. The second-order valence-corrected chi connectivity index (χ2v) is 7.94. The third-order valence-corrected chi connectivity index (χ3v) is 5.50. The number of rotatable bonds is 4. The SMILES string of the molecule is COc1nc(N2CCCC(N(C)S(C)(=O)=O)C2)ncc1Br. The molecule has 0 radical (unpaired) electrons. The molecule has 9 heteroatoms. The number of hydrogen-bond donors (Lipinski definition) is 0. The fraction of sp³-hybridized carbons (Fsp3) is 0.667. The molecule has 1 fully saturated rings. The van der Waals surface area contributed by atoms with Gasteiger partial charge < -0.3 is 9.64 Å². The maximum atomic E-state index is 11.7. The van der Waals surface area contributed by atoms with Crippen molar-refractivity contribution >= 4 is 31.9 Å². The fourth-order valence-electron chi connectivity index (χ4n) is 2.34. The smallest absolute Gasteiger partial charge is 0.232 e. The summed E-state index contributed by atoms with van der Waals surface area (Å²) in [7, 11) is -0.0274. The first kappa shape index (κ1) is 16.4. The van der Waals surface area contributed by atoms with E-state index in [1.807, 2.05) is 4.90 Å². The van der Waals surface area contributed by atoms with E-state index in [-0.39, 0.29) is 6.04 Å². The van der Waals surface area contributed by atoms with Crippen molar-refractivity contribution in [3.8, 4) is 5.88 Å². The van der Waals surface area contributed by atoms with Crippen molar-refractivity contribution in [3.05, 3.63) is 10.7 Å². The standard InChI is InChI=1S/C12H19BrN4O3S/c1-16(21(3,18)19)9-5-4-6-17(8-9)12-14-7-10(13)11(15-12)20-2/h7,9H,4-6,8H2,1-3H3. The van der Waals surface area contributed by atoms with Crippen LogP contribution in [-0.2, 0) is 10.0 Å². The highest BCUT2D eigenvalue weighted by Gasteiger charge is 2.29. The van der Waals surface area contributed by atoms with Crippen molar-refractivity contribution in [1.29, 1.82) is 0 Å². The molecule has 0 N–H and O–H groups in total. The fourth-order valence-corrected chi connectivity index (χ4v) is 3.41. The molecule has 1 aromatic heterocycles. The van der Waals surface area contributed by atoms with Crippen molar-refractivity contribution in [1.82, 2.24) is 14.3 Å². The van der Waals surface area contributed by atoms with Crippen molar-refractivity contribution in [2.24, 2.45) is 0 Å². The van der Waals surface area contributed by atoms with E-state index < -0.39 is 10.0 Å². The Morgan fingerprint density at radius 3 is 2.86 bits per heavy atom. The second kappa shape index (κ2) is 6.45. The van der Waals surface area contributed by atoms with Crippen LogP contribution in [0.5, 0.6) is 5.88 Å². The quantitative estimate of drug-likeness (QED) is 0.780. The molecule has 7 nitrogen and oxygen atoms in total. The zero-order chi connectivity index (χ0) is 15.6. The molecule has 21 heavy (non-hydrogen) atoms. The average Bonchev–Trinajstić information content (AvgIpc) is 2.46. The first-order valence-corrected chi connectivity index (χ1v) is 9.21. The summed E-state index contributed by atoms with van der Waals surface area (Å²) in [6.07, 6.45) is 4.61. The second-order valence-electron chi connectivity index (χ2n) is 5.05. The van der Waals surface area contributed by atoms with Gasteiger partial charge in [0.15, 0.2) is 0 Å². The lowest BCUT2D eigenvalue weighted by atomic mass is 10.1. The number of likely N-dealkylation sites (N-methyl/N-ethyl adjacent to an activating group) is 1. The van der Waals surface area contributed by atoms with Gasteiger partial charge in [0.25, 0.3) is 0 Å². The number of methoxy groups -OCH3 is 1. The summed E-state index contributed by atoms with van der Waals surface area (Å²) in [6, 6.07) is -0.0630. The van der Waals surface area contributed by atoms with Crippen LogP contribution in [0.15, 0.2) is 10.7 Å². The average molecular weight is 379 g/mol. The molecule has 1 aliphatic heterocycles. The van der Waals surface area contributed by atoms with Gasteiger partial charge in [0.2, 0.25) is 21.9 Å². The van der Waals surface area contributed by atoms with Gasteiger partial charge in [-0.05, 0) is 28.8 Å². The molecule has 0 aromatic carbocycles.